The van der Waals surface area contributed by atoms with Crippen molar-refractivity contribution in [2.75, 3.05) is 18.4 Å². The summed E-state index contributed by atoms with van der Waals surface area (Å²) < 4.78 is 0. The molecule has 2 amide bonds. The summed E-state index contributed by atoms with van der Waals surface area (Å²) in [7, 11) is 0. The zero-order chi connectivity index (χ0) is 16.0. The van der Waals surface area contributed by atoms with Gasteiger partial charge in [0, 0.05) is 30.6 Å². The first kappa shape index (κ1) is 14.5. The molecule has 3 fully saturated rings. The second-order valence-corrected chi connectivity index (χ2v) is 7.12. The second kappa shape index (κ2) is 5.22. The summed E-state index contributed by atoms with van der Waals surface area (Å²) >= 11 is 0. The fourth-order valence-corrected chi connectivity index (χ4v) is 3.74. The maximum Gasteiger partial charge on any atom is 0.407 e. The molecule has 23 heavy (non-hydrogen) atoms. The number of amides is 2. The Morgan fingerprint density at radius 1 is 1.26 bits per heavy atom. The highest BCUT2D eigenvalue weighted by molar-refractivity contribution is 5.95. The van der Waals surface area contributed by atoms with E-state index >= 15 is 0 Å². The molecule has 1 unspecified atom stereocenters. The molecular weight excluding hydrogens is 294 g/mol. The average Bonchev–Trinajstić information content (AvgIpc) is 3.44. The normalized spacial score (nSPS) is 25.2. The van der Waals surface area contributed by atoms with E-state index in [0.717, 1.165) is 30.6 Å². The number of nitrogens with zero attached hydrogens (tertiary/aromatic N) is 2. The van der Waals surface area contributed by atoms with Crippen LogP contribution in [0.15, 0.2) is 18.3 Å². The van der Waals surface area contributed by atoms with E-state index in [1.165, 1.54) is 17.7 Å². The van der Waals surface area contributed by atoms with Crippen LogP contribution in [0.5, 0.6) is 0 Å². The van der Waals surface area contributed by atoms with Crippen molar-refractivity contribution in [1.82, 2.24) is 9.88 Å². The number of pyridine rings is 1. The van der Waals surface area contributed by atoms with Crippen LogP contribution in [0.3, 0.4) is 0 Å². The quantitative estimate of drug-likeness (QED) is 0.898. The summed E-state index contributed by atoms with van der Waals surface area (Å²) in [6.07, 6.45) is 5.77. The molecule has 0 radical (unpaired) electrons. The number of hydrogen-bond donors (Lipinski definition) is 2. The highest BCUT2D eigenvalue weighted by atomic mass is 16.4. The largest absolute Gasteiger partial charge is 0.465 e. The highest BCUT2D eigenvalue weighted by Crippen LogP contribution is 2.59. The second-order valence-electron chi connectivity index (χ2n) is 7.12. The van der Waals surface area contributed by atoms with Crippen LogP contribution in [-0.2, 0) is 4.79 Å². The molecule has 2 saturated carbocycles. The van der Waals surface area contributed by atoms with Crippen LogP contribution in [0.25, 0.3) is 0 Å². The molecule has 3 aliphatic rings. The summed E-state index contributed by atoms with van der Waals surface area (Å²) in [5, 5.41) is 12.0. The van der Waals surface area contributed by atoms with Gasteiger partial charge in [-0.1, -0.05) is 0 Å². The molecule has 1 aromatic rings. The van der Waals surface area contributed by atoms with Crippen LogP contribution in [0.1, 0.15) is 43.7 Å². The van der Waals surface area contributed by atoms with Gasteiger partial charge in [0.15, 0.2) is 0 Å². The zero-order valence-electron chi connectivity index (χ0n) is 13.0. The van der Waals surface area contributed by atoms with Crippen LogP contribution in [0, 0.1) is 11.3 Å². The van der Waals surface area contributed by atoms with Gasteiger partial charge in [0.2, 0.25) is 5.91 Å². The van der Waals surface area contributed by atoms with Crippen molar-refractivity contribution in [3.8, 4) is 0 Å². The van der Waals surface area contributed by atoms with Gasteiger partial charge < -0.3 is 15.3 Å². The Balaban J connectivity index is 1.33. The Labute approximate surface area is 134 Å². The predicted octanol–water partition coefficient (Wildman–Crippen LogP) is 2.68. The van der Waals surface area contributed by atoms with Crippen molar-refractivity contribution in [1.29, 1.82) is 0 Å². The lowest BCUT2D eigenvalue weighted by molar-refractivity contribution is -0.118. The SMILES string of the molecule is O=C(Nc1ccc(C2CC2)nc1)C1CC12CCN(C(=O)O)CC2. The number of carbonyl (C=O) groups is 2. The van der Waals surface area contributed by atoms with Crippen LogP contribution < -0.4 is 5.32 Å². The Hall–Kier alpha value is -2.11. The van der Waals surface area contributed by atoms with Crippen molar-refractivity contribution in [3.63, 3.8) is 0 Å². The maximum absolute atomic E-state index is 12.4. The number of piperidine rings is 1. The van der Waals surface area contributed by atoms with Gasteiger partial charge in [-0.2, -0.15) is 0 Å². The van der Waals surface area contributed by atoms with E-state index in [1.807, 2.05) is 12.1 Å². The molecule has 4 rings (SSSR count). The third kappa shape index (κ3) is 2.78. The van der Waals surface area contributed by atoms with Crippen molar-refractivity contribution >= 4 is 17.7 Å². The minimum atomic E-state index is -0.858. The van der Waals surface area contributed by atoms with Crippen LogP contribution in [0.4, 0.5) is 10.5 Å². The lowest BCUT2D eigenvalue weighted by Gasteiger charge is -2.30. The lowest BCUT2D eigenvalue weighted by atomic mass is 9.91. The van der Waals surface area contributed by atoms with E-state index in [-0.39, 0.29) is 17.2 Å². The van der Waals surface area contributed by atoms with E-state index in [1.54, 1.807) is 6.20 Å². The number of carboxylic acid groups (broad SMARTS) is 1. The third-order valence-electron chi connectivity index (χ3n) is 5.59. The molecule has 1 aromatic heterocycles. The van der Waals surface area contributed by atoms with Crippen molar-refractivity contribution in [2.24, 2.45) is 11.3 Å². The summed E-state index contributed by atoms with van der Waals surface area (Å²) in [5.41, 5.74) is 1.90. The van der Waals surface area contributed by atoms with Gasteiger partial charge in [0.25, 0.3) is 0 Å². The number of rotatable bonds is 3. The Morgan fingerprint density at radius 2 is 2.00 bits per heavy atom. The van der Waals surface area contributed by atoms with E-state index in [9.17, 15) is 9.59 Å². The van der Waals surface area contributed by atoms with Crippen LogP contribution in [-0.4, -0.2) is 40.1 Å². The highest BCUT2D eigenvalue weighted by Gasteiger charge is 2.58. The summed E-state index contributed by atoms with van der Waals surface area (Å²) in [5.74, 6) is 0.683. The van der Waals surface area contributed by atoms with Gasteiger partial charge in [-0.3, -0.25) is 9.78 Å². The minimum Gasteiger partial charge on any atom is -0.465 e. The number of anilines is 1. The molecule has 2 N–H and O–H groups in total. The Bertz CT molecular complexity index is 631. The van der Waals surface area contributed by atoms with E-state index in [0.29, 0.717) is 19.0 Å². The zero-order valence-corrected chi connectivity index (χ0v) is 13.0. The number of hydrogen-bond acceptors (Lipinski definition) is 3. The fraction of sp³-hybridized carbons (Fsp3) is 0.588. The molecule has 6 nitrogen and oxygen atoms in total. The number of aromatic nitrogens is 1. The van der Waals surface area contributed by atoms with Crippen LogP contribution >= 0.6 is 0 Å². The molecule has 1 saturated heterocycles. The molecule has 2 heterocycles. The van der Waals surface area contributed by atoms with E-state index in [4.69, 9.17) is 5.11 Å². The molecule has 1 atom stereocenters. The minimum absolute atomic E-state index is 0.0153. The van der Waals surface area contributed by atoms with Gasteiger partial charge in [-0.15, -0.1) is 0 Å². The van der Waals surface area contributed by atoms with Crippen molar-refractivity contribution < 1.29 is 14.7 Å². The van der Waals surface area contributed by atoms with E-state index in [2.05, 4.69) is 10.3 Å². The molecule has 0 aromatic carbocycles. The predicted molar refractivity (Wildman–Crippen MR) is 84.2 cm³/mol. The van der Waals surface area contributed by atoms with Gasteiger partial charge in [-0.05, 0) is 49.7 Å². The summed E-state index contributed by atoms with van der Waals surface area (Å²) in [6.45, 7) is 1.08. The van der Waals surface area contributed by atoms with Crippen molar-refractivity contribution in [2.45, 2.75) is 38.0 Å². The number of likely N-dealkylation sites (tertiary alicyclic amines) is 1. The molecule has 0 bridgehead atoms. The lowest BCUT2D eigenvalue weighted by Crippen LogP contribution is -2.39. The maximum atomic E-state index is 12.4. The first-order chi connectivity index (χ1) is 11.1. The van der Waals surface area contributed by atoms with Gasteiger partial charge in [0.1, 0.15) is 0 Å². The third-order valence-corrected chi connectivity index (χ3v) is 5.59. The Kier molecular flexibility index (Phi) is 3.28. The smallest absolute Gasteiger partial charge is 0.407 e. The Morgan fingerprint density at radius 3 is 2.57 bits per heavy atom. The molecular formula is C17H21N3O3. The van der Waals surface area contributed by atoms with Gasteiger partial charge >= 0.3 is 6.09 Å². The monoisotopic (exact) mass is 315 g/mol. The molecule has 1 aliphatic heterocycles. The van der Waals surface area contributed by atoms with Crippen LogP contribution in [0.2, 0.25) is 0 Å². The summed E-state index contributed by atoms with van der Waals surface area (Å²) in [4.78, 5) is 29.3. The van der Waals surface area contributed by atoms with Gasteiger partial charge in [-0.25, -0.2) is 4.79 Å². The first-order valence-corrected chi connectivity index (χ1v) is 8.32. The number of nitrogens with one attached hydrogen (secondary N) is 1. The number of carbonyl (C=O) groups excluding carboxylic acids is 1. The fourth-order valence-electron chi connectivity index (χ4n) is 3.74. The van der Waals surface area contributed by atoms with Crippen molar-refractivity contribution in [3.05, 3.63) is 24.0 Å². The first-order valence-electron chi connectivity index (χ1n) is 8.32. The summed E-state index contributed by atoms with van der Waals surface area (Å²) in [6, 6.07) is 3.93. The topological polar surface area (TPSA) is 82.5 Å². The average molecular weight is 315 g/mol. The molecule has 1 spiro atoms. The standard InChI is InChI=1S/C17H21N3O3/c21-15(19-12-3-4-14(18-10-12)11-1-2-11)13-9-17(13)5-7-20(8-6-17)16(22)23/h3-4,10-11,13H,1-2,5-9H2,(H,19,21)(H,22,23). The van der Waals surface area contributed by atoms with Gasteiger partial charge in [0.05, 0.1) is 11.9 Å². The van der Waals surface area contributed by atoms with E-state index < -0.39 is 6.09 Å². The molecule has 122 valence electrons. The molecule has 2 aliphatic carbocycles. The molecule has 6 heteroatoms.